The lowest BCUT2D eigenvalue weighted by Crippen LogP contribution is -2.37. The summed E-state index contributed by atoms with van der Waals surface area (Å²) in [5.74, 6) is -0.247. The van der Waals surface area contributed by atoms with Crippen molar-refractivity contribution in [2.75, 3.05) is 23.9 Å². The van der Waals surface area contributed by atoms with Crippen LogP contribution in [-0.4, -0.2) is 19.6 Å². The van der Waals surface area contributed by atoms with Crippen LogP contribution in [0.2, 0.25) is 0 Å². The van der Waals surface area contributed by atoms with Crippen molar-refractivity contribution in [3.8, 4) is 5.75 Å². The second kappa shape index (κ2) is 5.44. The molecule has 4 nitrogen and oxygen atoms in total. The maximum Gasteiger partial charge on any atom is 0.243 e. The maximum atomic E-state index is 13.8. The highest BCUT2D eigenvalue weighted by molar-refractivity contribution is 6.01. The summed E-state index contributed by atoms with van der Waals surface area (Å²) < 4.78 is 18.7. The summed E-state index contributed by atoms with van der Waals surface area (Å²) in [5.41, 5.74) is 2.51. The Kier molecular flexibility index (Phi) is 3.48. The molecule has 1 aliphatic heterocycles. The smallest absolute Gasteiger partial charge is 0.243 e. The third kappa shape index (κ3) is 2.67. The number of fused-ring (bicyclic) bond motifs is 1. The Bertz CT molecular complexity index is 688. The molecular formula is C16H15FN2O2. The van der Waals surface area contributed by atoms with Gasteiger partial charge in [0, 0.05) is 6.54 Å². The van der Waals surface area contributed by atoms with E-state index in [9.17, 15) is 9.18 Å². The molecule has 2 aromatic carbocycles. The molecule has 2 aromatic rings. The van der Waals surface area contributed by atoms with Crippen LogP contribution in [0.3, 0.4) is 0 Å². The standard InChI is InChI=1S/C16H15FN2O2/c1-21-15-7-6-11(8-12(15)17)9-19-10-16(20)18-13-4-2-3-5-14(13)19/h2-8H,9-10H2,1H3,(H,18,20). The molecule has 1 aliphatic rings. The molecular weight excluding hydrogens is 271 g/mol. The highest BCUT2D eigenvalue weighted by Gasteiger charge is 2.21. The quantitative estimate of drug-likeness (QED) is 0.943. The lowest BCUT2D eigenvalue weighted by molar-refractivity contribution is -0.115. The first-order valence-electron chi connectivity index (χ1n) is 6.63. The van der Waals surface area contributed by atoms with Gasteiger partial charge in [-0.1, -0.05) is 18.2 Å². The van der Waals surface area contributed by atoms with Gasteiger partial charge in [0.1, 0.15) is 0 Å². The molecule has 0 saturated carbocycles. The van der Waals surface area contributed by atoms with Crippen LogP contribution in [0.15, 0.2) is 42.5 Å². The van der Waals surface area contributed by atoms with Gasteiger partial charge in [0.2, 0.25) is 5.91 Å². The van der Waals surface area contributed by atoms with E-state index in [0.717, 1.165) is 16.9 Å². The lowest BCUT2D eigenvalue weighted by atomic mass is 10.1. The zero-order chi connectivity index (χ0) is 14.8. The van der Waals surface area contributed by atoms with Gasteiger partial charge in [0.25, 0.3) is 0 Å². The molecule has 21 heavy (non-hydrogen) atoms. The molecule has 0 spiro atoms. The molecule has 3 rings (SSSR count). The Morgan fingerprint density at radius 2 is 2.10 bits per heavy atom. The van der Waals surface area contributed by atoms with Crippen molar-refractivity contribution in [2.45, 2.75) is 6.54 Å². The van der Waals surface area contributed by atoms with E-state index in [4.69, 9.17) is 4.74 Å². The van der Waals surface area contributed by atoms with E-state index in [0.29, 0.717) is 6.54 Å². The van der Waals surface area contributed by atoms with Crippen LogP contribution in [-0.2, 0) is 11.3 Å². The third-order valence-corrected chi connectivity index (χ3v) is 3.44. The SMILES string of the molecule is COc1ccc(CN2CC(=O)Nc3ccccc32)cc1F. The van der Waals surface area contributed by atoms with E-state index in [1.54, 1.807) is 12.1 Å². The van der Waals surface area contributed by atoms with Gasteiger partial charge in [0.15, 0.2) is 11.6 Å². The van der Waals surface area contributed by atoms with Crippen molar-refractivity contribution in [3.63, 3.8) is 0 Å². The van der Waals surface area contributed by atoms with E-state index in [1.807, 2.05) is 29.2 Å². The van der Waals surface area contributed by atoms with Crippen LogP contribution < -0.4 is 15.0 Å². The number of carbonyl (C=O) groups is 1. The number of anilines is 2. The normalized spacial score (nSPS) is 13.6. The van der Waals surface area contributed by atoms with Crippen molar-refractivity contribution < 1.29 is 13.9 Å². The maximum absolute atomic E-state index is 13.8. The van der Waals surface area contributed by atoms with Crippen LogP contribution in [0, 0.1) is 5.82 Å². The summed E-state index contributed by atoms with van der Waals surface area (Å²) in [7, 11) is 1.43. The molecule has 0 unspecified atom stereocenters. The summed E-state index contributed by atoms with van der Waals surface area (Å²) in [5, 5.41) is 2.83. The van der Waals surface area contributed by atoms with Crippen LogP contribution in [0.5, 0.6) is 5.75 Å². The fourth-order valence-electron chi connectivity index (χ4n) is 2.47. The number of hydrogen-bond donors (Lipinski definition) is 1. The van der Waals surface area contributed by atoms with Gasteiger partial charge >= 0.3 is 0 Å². The highest BCUT2D eigenvalue weighted by Crippen LogP contribution is 2.30. The van der Waals surface area contributed by atoms with Gasteiger partial charge in [-0.3, -0.25) is 4.79 Å². The van der Waals surface area contributed by atoms with E-state index in [-0.39, 0.29) is 18.2 Å². The molecule has 1 N–H and O–H groups in total. The van der Waals surface area contributed by atoms with E-state index >= 15 is 0 Å². The predicted octanol–water partition coefficient (Wildman–Crippen LogP) is 2.79. The number of para-hydroxylation sites is 2. The Hall–Kier alpha value is -2.56. The third-order valence-electron chi connectivity index (χ3n) is 3.44. The summed E-state index contributed by atoms with van der Waals surface area (Å²) in [6.45, 7) is 0.718. The zero-order valence-electron chi connectivity index (χ0n) is 11.6. The topological polar surface area (TPSA) is 41.6 Å². The first-order chi connectivity index (χ1) is 10.2. The molecule has 0 aliphatic carbocycles. The number of rotatable bonds is 3. The molecule has 0 radical (unpaired) electrons. The minimum absolute atomic E-state index is 0.0670. The number of ether oxygens (including phenoxy) is 1. The largest absolute Gasteiger partial charge is 0.494 e. The molecule has 0 bridgehead atoms. The molecule has 0 fully saturated rings. The first-order valence-corrected chi connectivity index (χ1v) is 6.63. The van der Waals surface area contributed by atoms with Gasteiger partial charge in [-0.15, -0.1) is 0 Å². The molecule has 5 heteroatoms. The van der Waals surface area contributed by atoms with Crippen molar-refractivity contribution in [1.82, 2.24) is 0 Å². The first kappa shape index (κ1) is 13.4. The second-order valence-corrected chi connectivity index (χ2v) is 4.89. The fourth-order valence-corrected chi connectivity index (χ4v) is 2.47. The molecule has 1 amide bonds. The Labute approximate surface area is 122 Å². The number of benzene rings is 2. The lowest BCUT2D eigenvalue weighted by Gasteiger charge is -2.30. The van der Waals surface area contributed by atoms with Gasteiger partial charge in [-0.2, -0.15) is 0 Å². The monoisotopic (exact) mass is 286 g/mol. The minimum Gasteiger partial charge on any atom is -0.494 e. The predicted molar refractivity (Wildman–Crippen MR) is 79.1 cm³/mol. The van der Waals surface area contributed by atoms with Crippen molar-refractivity contribution in [1.29, 1.82) is 0 Å². The molecule has 1 heterocycles. The van der Waals surface area contributed by atoms with Crippen molar-refractivity contribution in [2.24, 2.45) is 0 Å². The number of methoxy groups -OCH3 is 1. The average Bonchev–Trinajstić information content (AvgIpc) is 2.47. The van der Waals surface area contributed by atoms with E-state index < -0.39 is 5.82 Å². The molecule has 0 saturated heterocycles. The Balaban J connectivity index is 1.88. The van der Waals surface area contributed by atoms with Gasteiger partial charge in [-0.05, 0) is 29.8 Å². The summed E-state index contributed by atoms with van der Waals surface area (Å²) in [4.78, 5) is 13.7. The van der Waals surface area contributed by atoms with Gasteiger partial charge in [0.05, 0.1) is 25.0 Å². The zero-order valence-corrected chi connectivity index (χ0v) is 11.6. The number of nitrogens with one attached hydrogen (secondary N) is 1. The van der Waals surface area contributed by atoms with Crippen molar-refractivity contribution >= 4 is 17.3 Å². The molecule has 0 atom stereocenters. The number of hydrogen-bond acceptors (Lipinski definition) is 3. The minimum atomic E-state index is -0.398. The number of halogens is 1. The van der Waals surface area contributed by atoms with Gasteiger partial charge < -0.3 is 15.0 Å². The van der Waals surface area contributed by atoms with Crippen LogP contribution in [0.4, 0.5) is 15.8 Å². The summed E-state index contributed by atoms with van der Waals surface area (Å²) in [6.07, 6.45) is 0. The average molecular weight is 286 g/mol. The fraction of sp³-hybridized carbons (Fsp3) is 0.188. The number of nitrogens with zero attached hydrogens (tertiary/aromatic N) is 1. The van der Waals surface area contributed by atoms with Crippen LogP contribution >= 0.6 is 0 Å². The molecule has 108 valence electrons. The Morgan fingerprint density at radius 3 is 2.86 bits per heavy atom. The summed E-state index contributed by atoms with van der Waals surface area (Å²) >= 11 is 0. The number of carbonyl (C=O) groups excluding carboxylic acids is 1. The van der Waals surface area contributed by atoms with Crippen molar-refractivity contribution in [3.05, 3.63) is 53.8 Å². The van der Waals surface area contributed by atoms with Crippen LogP contribution in [0.1, 0.15) is 5.56 Å². The summed E-state index contributed by atoms with van der Waals surface area (Å²) in [6, 6.07) is 12.4. The second-order valence-electron chi connectivity index (χ2n) is 4.89. The number of amides is 1. The van der Waals surface area contributed by atoms with E-state index in [1.165, 1.54) is 13.2 Å². The van der Waals surface area contributed by atoms with Gasteiger partial charge in [-0.25, -0.2) is 4.39 Å². The van der Waals surface area contributed by atoms with E-state index in [2.05, 4.69) is 5.32 Å². The highest BCUT2D eigenvalue weighted by atomic mass is 19.1. The Morgan fingerprint density at radius 1 is 1.29 bits per heavy atom. The van der Waals surface area contributed by atoms with Crippen LogP contribution in [0.25, 0.3) is 0 Å². The molecule has 0 aromatic heterocycles.